The van der Waals surface area contributed by atoms with Crippen LogP contribution in [0.2, 0.25) is 0 Å². The smallest absolute Gasteiger partial charge is 0.123 e. The van der Waals surface area contributed by atoms with Gasteiger partial charge in [0.1, 0.15) is 11.6 Å². The van der Waals surface area contributed by atoms with E-state index >= 15 is 0 Å². The molecule has 2 fully saturated rings. The first-order valence-electron chi connectivity index (χ1n) is 10.7. The fourth-order valence-electron chi connectivity index (χ4n) is 4.74. The number of aliphatic imine (C=N–C) groups is 1. The highest BCUT2D eigenvalue weighted by Gasteiger charge is 2.49. The zero-order chi connectivity index (χ0) is 18.7. The van der Waals surface area contributed by atoms with Gasteiger partial charge >= 0.3 is 0 Å². The maximum absolute atomic E-state index is 5.76. The molecule has 2 heterocycles. The van der Waals surface area contributed by atoms with Gasteiger partial charge in [0.15, 0.2) is 0 Å². The molecule has 148 valence electrons. The second-order valence-corrected chi connectivity index (χ2v) is 8.23. The van der Waals surface area contributed by atoms with Crippen LogP contribution in [0.3, 0.4) is 0 Å². The molecule has 2 aliphatic heterocycles. The Morgan fingerprint density at radius 1 is 1.22 bits per heavy atom. The van der Waals surface area contributed by atoms with Crippen molar-refractivity contribution in [3.8, 4) is 5.75 Å². The lowest BCUT2D eigenvalue weighted by Crippen LogP contribution is -2.41. The van der Waals surface area contributed by atoms with Gasteiger partial charge in [-0.05, 0) is 62.9 Å². The molecule has 1 saturated heterocycles. The summed E-state index contributed by atoms with van der Waals surface area (Å²) in [6.07, 6.45) is 7.49. The molecule has 2 N–H and O–H groups in total. The number of likely N-dealkylation sites (tertiary alicyclic amines) is 1. The zero-order valence-corrected chi connectivity index (χ0v) is 16.9. The van der Waals surface area contributed by atoms with Crippen LogP contribution in [-0.4, -0.2) is 50.6 Å². The molecule has 1 aromatic carbocycles. The number of methoxy groups -OCH3 is 1. The van der Waals surface area contributed by atoms with Crippen LogP contribution < -0.4 is 15.4 Å². The lowest BCUT2D eigenvalue weighted by atomic mass is 9.65. The molecule has 0 aromatic heterocycles. The van der Waals surface area contributed by atoms with Gasteiger partial charge in [-0.3, -0.25) is 4.99 Å². The Hall–Kier alpha value is -1.59. The number of fused-ring (bicyclic) bond motifs is 2. The molecule has 0 amide bonds. The fraction of sp³-hybridized carbons (Fsp3) is 0.682. The lowest BCUT2D eigenvalue weighted by molar-refractivity contribution is 0.334. The Morgan fingerprint density at radius 2 is 2.04 bits per heavy atom. The molecule has 1 aliphatic carbocycles. The SMILES string of the molecule is CCCN=C1Nc2cc(CNCCN3CCCC3)c(OC)cc2C12CCC2. The maximum Gasteiger partial charge on any atom is 0.123 e. The number of rotatable bonds is 8. The molecule has 5 nitrogen and oxygen atoms in total. The van der Waals surface area contributed by atoms with Crippen LogP contribution in [0.25, 0.3) is 0 Å². The third-order valence-corrected chi connectivity index (χ3v) is 6.46. The third-order valence-electron chi connectivity index (χ3n) is 6.46. The normalized spacial score (nSPS) is 22.1. The highest BCUT2D eigenvalue weighted by molar-refractivity contribution is 6.10. The molecule has 1 aromatic rings. The van der Waals surface area contributed by atoms with E-state index in [4.69, 9.17) is 9.73 Å². The van der Waals surface area contributed by atoms with Gasteiger partial charge in [0.05, 0.1) is 12.5 Å². The number of amidine groups is 1. The van der Waals surface area contributed by atoms with E-state index in [1.165, 1.54) is 67.8 Å². The van der Waals surface area contributed by atoms with E-state index in [1.807, 2.05) is 0 Å². The topological polar surface area (TPSA) is 48.9 Å². The summed E-state index contributed by atoms with van der Waals surface area (Å²) in [5, 5.41) is 7.26. The van der Waals surface area contributed by atoms with Gasteiger partial charge in [-0.2, -0.15) is 0 Å². The molecule has 4 rings (SSSR count). The minimum atomic E-state index is 0.124. The summed E-state index contributed by atoms with van der Waals surface area (Å²) in [4.78, 5) is 7.43. The van der Waals surface area contributed by atoms with Crippen molar-refractivity contribution < 1.29 is 4.74 Å². The summed E-state index contributed by atoms with van der Waals surface area (Å²) < 4.78 is 5.76. The molecule has 1 spiro atoms. The Labute approximate surface area is 163 Å². The van der Waals surface area contributed by atoms with Gasteiger partial charge in [-0.15, -0.1) is 0 Å². The highest BCUT2D eigenvalue weighted by Crippen LogP contribution is 2.53. The minimum absolute atomic E-state index is 0.124. The predicted octanol–water partition coefficient (Wildman–Crippen LogP) is 3.54. The third kappa shape index (κ3) is 3.59. The van der Waals surface area contributed by atoms with E-state index in [0.29, 0.717) is 0 Å². The van der Waals surface area contributed by atoms with Gasteiger partial charge < -0.3 is 20.3 Å². The number of hydrogen-bond acceptors (Lipinski definition) is 4. The molecule has 3 aliphatic rings. The fourth-order valence-corrected chi connectivity index (χ4v) is 4.74. The summed E-state index contributed by atoms with van der Waals surface area (Å²) >= 11 is 0. The van der Waals surface area contributed by atoms with Crippen molar-refractivity contribution in [2.45, 2.75) is 57.4 Å². The van der Waals surface area contributed by atoms with Crippen molar-refractivity contribution >= 4 is 11.5 Å². The van der Waals surface area contributed by atoms with Crippen molar-refractivity contribution in [2.24, 2.45) is 4.99 Å². The van der Waals surface area contributed by atoms with Gasteiger partial charge in [0, 0.05) is 37.4 Å². The Bertz CT molecular complexity index is 690. The zero-order valence-electron chi connectivity index (χ0n) is 16.9. The van der Waals surface area contributed by atoms with E-state index in [9.17, 15) is 0 Å². The van der Waals surface area contributed by atoms with E-state index < -0.39 is 0 Å². The van der Waals surface area contributed by atoms with Crippen LogP contribution in [0.15, 0.2) is 17.1 Å². The Kier molecular flexibility index (Phi) is 5.69. The first-order chi connectivity index (χ1) is 13.3. The average molecular weight is 371 g/mol. The van der Waals surface area contributed by atoms with Crippen molar-refractivity contribution in [3.63, 3.8) is 0 Å². The van der Waals surface area contributed by atoms with Gasteiger partial charge in [0.2, 0.25) is 0 Å². The predicted molar refractivity (Wildman–Crippen MR) is 112 cm³/mol. The summed E-state index contributed by atoms with van der Waals surface area (Å²) in [6.45, 7) is 8.63. The second kappa shape index (κ2) is 8.19. The van der Waals surface area contributed by atoms with Crippen molar-refractivity contribution in [2.75, 3.05) is 45.2 Å². The van der Waals surface area contributed by atoms with Crippen LogP contribution in [0.5, 0.6) is 5.75 Å². The molecule has 0 radical (unpaired) electrons. The van der Waals surface area contributed by atoms with E-state index in [0.717, 1.165) is 38.3 Å². The highest BCUT2D eigenvalue weighted by atomic mass is 16.5. The molecule has 1 saturated carbocycles. The number of nitrogens with one attached hydrogen (secondary N) is 2. The number of hydrogen-bond donors (Lipinski definition) is 2. The van der Waals surface area contributed by atoms with E-state index in [2.05, 4.69) is 34.6 Å². The first-order valence-corrected chi connectivity index (χ1v) is 10.7. The van der Waals surface area contributed by atoms with Crippen LogP contribution in [0, 0.1) is 0 Å². The Morgan fingerprint density at radius 3 is 2.70 bits per heavy atom. The van der Waals surface area contributed by atoms with Gasteiger partial charge in [0.25, 0.3) is 0 Å². The molecule has 5 heteroatoms. The molecular formula is C22H34N4O. The van der Waals surface area contributed by atoms with E-state index in [-0.39, 0.29) is 5.41 Å². The first kappa shape index (κ1) is 18.8. The van der Waals surface area contributed by atoms with E-state index in [1.54, 1.807) is 7.11 Å². The number of ether oxygens (including phenoxy) is 1. The van der Waals surface area contributed by atoms with Crippen molar-refractivity contribution in [3.05, 3.63) is 23.3 Å². The van der Waals surface area contributed by atoms with Crippen LogP contribution in [0.4, 0.5) is 5.69 Å². The largest absolute Gasteiger partial charge is 0.496 e. The molecule has 0 bridgehead atoms. The molecule has 0 unspecified atom stereocenters. The van der Waals surface area contributed by atoms with Crippen molar-refractivity contribution in [1.82, 2.24) is 10.2 Å². The summed E-state index contributed by atoms with van der Waals surface area (Å²) in [7, 11) is 1.79. The molecule has 0 atom stereocenters. The number of anilines is 1. The molecular weight excluding hydrogens is 336 g/mol. The van der Waals surface area contributed by atoms with Gasteiger partial charge in [-0.25, -0.2) is 0 Å². The molecule has 27 heavy (non-hydrogen) atoms. The lowest BCUT2D eigenvalue weighted by Gasteiger charge is -2.38. The monoisotopic (exact) mass is 370 g/mol. The number of benzene rings is 1. The van der Waals surface area contributed by atoms with Crippen LogP contribution in [0.1, 0.15) is 56.6 Å². The maximum atomic E-state index is 5.76. The average Bonchev–Trinajstić information content (AvgIpc) is 3.27. The standard InChI is InChI=1S/C22H34N4O/c1-3-9-24-21-22(7-6-8-22)18-15-20(27-2)17(14-19(18)25-21)16-23-10-13-26-11-4-5-12-26/h14-15,23H,3-13,16H2,1-2H3,(H,24,25). The van der Waals surface area contributed by atoms with Crippen molar-refractivity contribution in [1.29, 1.82) is 0 Å². The number of nitrogens with zero attached hydrogens (tertiary/aromatic N) is 2. The summed E-state index contributed by atoms with van der Waals surface area (Å²) in [6, 6.07) is 4.55. The van der Waals surface area contributed by atoms with Gasteiger partial charge in [-0.1, -0.05) is 13.3 Å². The Balaban J connectivity index is 1.47. The van der Waals surface area contributed by atoms with Crippen LogP contribution in [-0.2, 0) is 12.0 Å². The quantitative estimate of drug-likeness (QED) is 0.687. The van der Waals surface area contributed by atoms with Crippen LogP contribution >= 0.6 is 0 Å². The second-order valence-electron chi connectivity index (χ2n) is 8.23. The summed E-state index contributed by atoms with van der Waals surface area (Å²) in [5.41, 5.74) is 3.99. The summed E-state index contributed by atoms with van der Waals surface area (Å²) in [5.74, 6) is 2.19. The minimum Gasteiger partial charge on any atom is -0.496 e.